The maximum Gasteiger partial charge on any atom is 0.257 e. The van der Waals surface area contributed by atoms with E-state index >= 15 is 0 Å². The van der Waals surface area contributed by atoms with Crippen LogP contribution in [0.5, 0.6) is 0 Å². The van der Waals surface area contributed by atoms with Gasteiger partial charge in [-0.1, -0.05) is 48.9 Å². The maximum atomic E-state index is 12.6. The quantitative estimate of drug-likeness (QED) is 0.417. The van der Waals surface area contributed by atoms with Crippen LogP contribution in [0.1, 0.15) is 53.5 Å². The first kappa shape index (κ1) is 20.9. The van der Waals surface area contributed by atoms with Crippen molar-refractivity contribution in [3.63, 3.8) is 0 Å². The van der Waals surface area contributed by atoms with Crippen molar-refractivity contribution in [2.24, 2.45) is 0 Å². The molecule has 0 aliphatic heterocycles. The van der Waals surface area contributed by atoms with E-state index < -0.39 is 0 Å². The number of anilines is 1. The third kappa shape index (κ3) is 4.41. The summed E-state index contributed by atoms with van der Waals surface area (Å²) in [5.41, 5.74) is 2.67. The molecule has 0 aliphatic rings. The van der Waals surface area contributed by atoms with Gasteiger partial charge in [0.15, 0.2) is 5.43 Å². The summed E-state index contributed by atoms with van der Waals surface area (Å²) in [5.74, 6) is 0.574. The largest absolute Gasteiger partial charge is 0.456 e. The Labute approximate surface area is 184 Å². The van der Waals surface area contributed by atoms with Gasteiger partial charge in [-0.3, -0.25) is 14.9 Å². The van der Waals surface area contributed by atoms with Crippen molar-refractivity contribution >= 4 is 33.3 Å². The summed E-state index contributed by atoms with van der Waals surface area (Å²) in [6, 6.07) is 13.9. The van der Waals surface area contributed by atoms with Gasteiger partial charge in [0.2, 0.25) is 5.13 Å². The van der Waals surface area contributed by atoms with Crippen LogP contribution >= 0.6 is 11.3 Å². The van der Waals surface area contributed by atoms with E-state index in [1.807, 2.05) is 19.1 Å². The predicted octanol–water partition coefficient (Wildman–Crippen LogP) is 5.78. The number of aryl methyl sites for hydroxylation is 1. The molecule has 0 aliphatic carbocycles. The third-order valence-corrected chi connectivity index (χ3v) is 6.31. The van der Waals surface area contributed by atoms with Crippen LogP contribution in [-0.2, 0) is 0 Å². The Bertz CT molecular complexity index is 1290. The van der Waals surface area contributed by atoms with Crippen molar-refractivity contribution in [2.45, 2.75) is 39.5 Å². The Morgan fingerprint density at radius 3 is 2.52 bits per heavy atom. The SMILES string of the molecule is CCC(CC)c1nnc(NC(=O)c2ccc(-c3cc(=O)c4cc(C)ccc4o3)cc2)s1. The highest BCUT2D eigenvalue weighted by Crippen LogP contribution is 2.28. The van der Waals surface area contributed by atoms with E-state index in [0.717, 1.165) is 29.0 Å². The monoisotopic (exact) mass is 433 g/mol. The molecule has 0 saturated carbocycles. The topological polar surface area (TPSA) is 85.1 Å². The second-order valence-electron chi connectivity index (χ2n) is 7.46. The lowest BCUT2D eigenvalue weighted by Crippen LogP contribution is -2.11. The second kappa shape index (κ2) is 8.81. The smallest absolute Gasteiger partial charge is 0.257 e. The zero-order valence-corrected chi connectivity index (χ0v) is 18.5. The molecule has 4 aromatic rings. The van der Waals surface area contributed by atoms with Crippen molar-refractivity contribution in [1.82, 2.24) is 10.2 Å². The molecular formula is C24H23N3O3S. The van der Waals surface area contributed by atoms with Crippen LogP contribution in [0, 0.1) is 6.92 Å². The number of amides is 1. The van der Waals surface area contributed by atoms with Crippen LogP contribution in [0.25, 0.3) is 22.3 Å². The van der Waals surface area contributed by atoms with Gasteiger partial charge in [0, 0.05) is 23.1 Å². The lowest BCUT2D eigenvalue weighted by molar-refractivity contribution is 0.102. The minimum atomic E-state index is -0.255. The van der Waals surface area contributed by atoms with Crippen LogP contribution in [-0.4, -0.2) is 16.1 Å². The molecule has 0 saturated heterocycles. The van der Waals surface area contributed by atoms with Gasteiger partial charge in [-0.2, -0.15) is 0 Å². The van der Waals surface area contributed by atoms with E-state index in [0.29, 0.717) is 33.3 Å². The highest BCUT2D eigenvalue weighted by atomic mass is 32.1. The van der Waals surface area contributed by atoms with Crippen molar-refractivity contribution < 1.29 is 9.21 Å². The number of rotatable bonds is 6. The Kier molecular flexibility index (Phi) is 5.95. The Balaban J connectivity index is 1.53. The average Bonchev–Trinajstić information content (AvgIpc) is 3.23. The third-order valence-electron chi connectivity index (χ3n) is 5.31. The number of nitrogens with one attached hydrogen (secondary N) is 1. The number of nitrogens with zero attached hydrogens (tertiary/aromatic N) is 2. The maximum absolute atomic E-state index is 12.6. The minimum absolute atomic E-state index is 0.0914. The lowest BCUT2D eigenvalue weighted by Gasteiger charge is -2.06. The van der Waals surface area contributed by atoms with Gasteiger partial charge in [0.05, 0.1) is 5.39 Å². The highest BCUT2D eigenvalue weighted by molar-refractivity contribution is 7.15. The lowest BCUT2D eigenvalue weighted by atomic mass is 10.1. The fourth-order valence-corrected chi connectivity index (χ4v) is 4.46. The summed E-state index contributed by atoms with van der Waals surface area (Å²) >= 11 is 1.41. The van der Waals surface area contributed by atoms with E-state index in [1.54, 1.807) is 30.3 Å². The molecule has 31 heavy (non-hydrogen) atoms. The Morgan fingerprint density at radius 2 is 1.81 bits per heavy atom. The Morgan fingerprint density at radius 1 is 1.06 bits per heavy atom. The molecule has 158 valence electrons. The molecule has 0 spiro atoms. The van der Waals surface area contributed by atoms with E-state index in [-0.39, 0.29) is 11.3 Å². The molecule has 0 fully saturated rings. The van der Waals surface area contributed by atoms with E-state index in [2.05, 4.69) is 29.4 Å². The molecule has 2 aromatic carbocycles. The minimum Gasteiger partial charge on any atom is -0.456 e. The molecule has 7 heteroatoms. The van der Waals surface area contributed by atoms with Gasteiger partial charge in [0.1, 0.15) is 16.4 Å². The fourth-order valence-electron chi connectivity index (χ4n) is 3.46. The number of carbonyl (C=O) groups excluding carboxylic acids is 1. The normalized spacial score (nSPS) is 11.2. The van der Waals surface area contributed by atoms with Gasteiger partial charge in [0.25, 0.3) is 5.91 Å². The molecule has 1 amide bonds. The van der Waals surface area contributed by atoms with Gasteiger partial charge < -0.3 is 4.42 Å². The number of fused-ring (bicyclic) bond motifs is 1. The second-order valence-corrected chi connectivity index (χ2v) is 8.47. The van der Waals surface area contributed by atoms with Crippen LogP contribution < -0.4 is 10.7 Å². The van der Waals surface area contributed by atoms with Crippen LogP contribution in [0.3, 0.4) is 0 Å². The van der Waals surface area contributed by atoms with Gasteiger partial charge in [-0.25, -0.2) is 0 Å². The van der Waals surface area contributed by atoms with Crippen molar-refractivity contribution in [3.05, 3.63) is 74.9 Å². The van der Waals surface area contributed by atoms with Crippen molar-refractivity contribution in [2.75, 3.05) is 5.32 Å². The summed E-state index contributed by atoms with van der Waals surface area (Å²) in [7, 11) is 0. The fraction of sp³-hybridized carbons (Fsp3) is 0.250. The molecule has 4 rings (SSSR count). The molecule has 2 heterocycles. The van der Waals surface area contributed by atoms with E-state index in [1.165, 1.54) is 17.4 Å². The van der Waals surface area contributed by atoms with Gasteiger partial charge >= 0.3 is 0 Å². The standard InChI is InChI=1S/C24H23N3O3S/c1-4-15(5-2)23-26-27-24(31-23)25-22(29)17-9-7-16(8-10-17)21-13-19(28)18-12-14(3)6-11-20(18)30-21/h6-13,15H,4-5H2,1-3H3,(H,25,27,29). The average molecular weight is 434 g/mol. The zero-order chi connectivity index (χ0) is 22.0. The summed E-state index contributed by atoms with van der Waals surface area (Å²) in [6.45, 7) is 6.17. The van der Waals surface area contributed by atoms with Crippen molar-refractivity contribution in [3.8, 4) is 11.3 Å². The van der Waals surface area contributed by atoms with Gasteiger partial charge in [-0.05, 0) is 44.0 Å². The highest BCUT2D eigenvalue weighted by Gasteiger charge is 2.15. The Hall–Kier alpha value is -3.32. The number of hydrogen-bond donors (Lipinski definition) is 1. The van der Waals surface area contributed by atoms with Crippen molar-refractivity contribution in [1.29, 1.82) is 0 Å². The number of hydrogen-bond acceptors (Lipinski definition) is 6. The molecule has 0 unspecified atom stereocenters. The molecule has 1 N–H and O–H groups in total. The summed E-state index contributed by atoms with van der Waals surface area (Å²) in [4.78, 5) is 25.1. The van der Waals surface area contributed by atoms with Crippen LogP contribution in [0.4, 0.5) is 5.13 Å². The number of carbonyl (C=O) groups is 1. The summed E-state index contributed by atoms with van der Waals surface area (Å²) in [5, 5.41) is 13.1. The van der Waals surface area contributed by atoms with E-state index in [4.69, 9.17) is 4.42 Å². The predicted molar refractivity (Wildman–Crippen MR) is 124 cm³/mol. The van der Waals surface area contributed by atoms with E-state index in [9.17, 15) is 9.59 Å². The first-order chi connectivity index (χ1) is 15.0. The first-order valence-electron chi connectivity index (χ1n) is 10.3. The number of benzene rings is 2. The molecule has 2 aromatic heterocycles. The van der Waals surface area contributed by atoms with Gasteiger partial charge in [-0.15, -0.1) is 10.2 Å². The zero-order valence-electron chi connectivity index (χ0n) is 17.6. The molecule has 6 nitrogen and oxygen atoms in total. The van der Waals surface area contributed by atoms with Crippen LogP contribution in [0.2, 0.25) is 0 Å². The first-order valence-corrected chi connectivity index (χ1v) is 11.1. The molecule has 0 atom stereocenters. The molecular weight excluding hydrogens is 410 g/mol. The number of aromatic nitrogens is 2. The molecule has 0 radical (unpaired) electrons. The molecule has 0 bridgehead atoms. The summed E-state index contributed by atoms with van der Waals surface area (Å²) in [6.07, 6.45) is 1.98. The summed E-state index contributed by atoms with van der Waals surface area (Å²) < 4.78 is 5.91. The van der Waals surface area contributed by atoms with Crippen LogP contribution in [0.15, 0.2) is 57.7 Å².